The molecule has 2 N–H and O–H groups in total. The van der Waals surface area contributed by atoms with Crippen molar-refractivity contribution in [3.63, 3.8) is 0 Å². The fraction of sp³-hybridized carbons (Fsp3) is 0.500. The second-order valence-corrected chi connectivity index (χ2v) is 5.63. The second kappa shape index (κ2) is 7.39. The average Bonchev–Trinajstić information content (AvgIpc) is 2.95. The van der Waals surface area contributed by atoms with Crippen molar-refractivity contribution in [2.45, 2.75) is 12.5 Å². The molecule has 24 heavy (non-hydrogen) atoms. The molecule has 130 valence electrons. The second-order valence-electron chi connectivity index (χ2n) is 5.63. The molecule has 1 fully saturated rings. The van der Waals surface area contributed by atoms with Gasteiger partial charge in [-0.15, -0.1) is 0 Å². The molecular formula is C16H21N3O5. The van der Waals surface area contributed by atoms with Crippen LogP contribution in [0.15, 0.2) is 18.2 Å². The smallest absolute Gasteiger partial charge is 0.315 e. The van der Waals surface area contributed by atoms with Gasteiger partial charge < -0.3 is 29.7 Å². The van der Waals surface area contributed by atoms with Gasteiger partial charge >= 0.3 is 6.03 Å². The van der Waals surface area contributed by atoms with E-state index in [-0.39, 0.29) is 24.4 Å². The Kier molecular flexibility index (Phi) is 5.05. The number of carbonyl (C=O) groups excluding carboxylic acids is 2. The van der Waals surface area contributed by atoms with E-state index in [9.17, 15) is 9.59 Å². The Morgan fingerprint density at radius 3 is 2.92 bits per heavy atom. The third-order valence-corrected chi connectivity index (χ3v) is 3.89. The minimum absolute atomic E-state index is 0.0335. The summed E-state index contributed by atoms with van der Waals surface area (Å²) in [7, 11) is 1.57. The maximum Gasteiger partial charge on any atom is 0.315 e. The first-order chi connectivity index (χ1) is 11.7. The molecule has 1 atom stereocenters. The summed E-state index contributed by atoms with van der Waals surface area (Å²) in [6.45, 7) is 2.32. The first-order valence-electron chi connectivity index (χ1n) is 7.90. The van der Waals surface area contributed by atoms with Crippen LogP contribution in [0.1, 0.15) is 6.42 Å². The van der Waals surface area contributed by atoms with Crippen LogP contribution in [0.3, 0.4) is 0 Å². The zero-order valence-electron chi connectivity index (χ0n) is 13.5. The molecule has 0 aliphatic carbocycles. The summed E-state index contributed by atoms with van der Waals surface area (Å²) < 4.78 is 15.9. The minimum Gasteiger partial charge on any atom is -0.486 e. The van der Waals surface area contributed by atoms with E-state index in [0.717, 1.165) is 5.69 Å². The summed E-state index contributed by atoms with van der Waals surface area (Å²) in [4.78, 5) is 25.7. The molecule has 2 aliphatic heterocycles. The van der Waals surface area contributed by atoms with Gasteiger partial charge in [0, 0.05) is 38.4 Å². The molecule has 1 saturated heterocycles. The number of fused-ring (bicyclic) bond motifs is 1. The lowest BCUT2D eigenvalue weighted by atomic mass is 10.2. The zero-order chi connectivity index (χ0) is 16.9. The van der Waals surface area contributed by atoms with Crippen LogP contribution < -0.4 is 25.0 Å². The lowest BCUT2D eigenvalue weighted by Gasteiger charge is -2.22. The highest BCUT2D eigenvalue weighted by Crippen LogP contribution is 2.35. The number of ether oxygens (including phenoxy) is 3. The summed E-state index contributed by atoms with van der Waals surface area (Å²) in [5.74, 6) is 1.29. The van der Waals surface area contributed by atoms with Gasteiger partial charge in [-0.05, 0) is 12.1 Å². The van der Waals surface area contributed by atoms with E-state index in [4.69, 9.17) is 14.2 Å². The van der Waals surface area contributed by atoms with E-state index >= 15 is 0 Å². The number of urea groups is 1. The first-order valence-corrected chi connectivity index (χ1v) is 7.90. The van der Waals surface area contributed by atoms with Gasteiger partial charge in [-0.3, -0.25) is 4.79 Å². The predicted molar refractivity (Wildman–Crippen MR) is 86.6 cm³/mol. The van der Waals surface area contributed by atoms with Crippen LogP contribution in [0.25, 0.3) is 0 Å². The normalized spacial score (nSPS) is 19.3. The quantitative estimate of drug-likeness (QED) is 0.766. The van der Waals surface area contributed by atoms with E-state index in [1.165, 1.54) is 0 Å². The third kappa shape index (κ3) is 3.70. The lowest BCUT2D eigenvalue weighted by molar-refractivity contribution is -0.117. The highest BCUT2D eigenvalue weighted by Gasteiger charge is 2.32. The van der Waals surface area contributed by atoms with E-state index in [0.29, 0.717) is 44.4 Å². The molecule has 0 saturated carbocycles. The Balaban J connectivity index is 1.59. The molecule has 3 rings (SSSR count). The van der Waals surface area contributed by atoms with E-state index in [2.05, 4.69) is 10.6 Å². The number of amides is 3. The van der Waals surface area contributed by atoms with Crippen molar-refractivity contribution in [1.82, 2.24) is 10.6 Å². The maximum atomic E-state index is 12.3. The van der Waals surface area contributed by atoms with Gasteiger partial charge in [0.2, 0.25) is 5.91 Å². The summed E-state index contributed by atoms with van der Waals surface area (Å²) >= 11 is 0. The van der Waals surface area contributed by atoms with E-state index in [1.54, 1.807) is 24.1 Å². The number of benzene rings is 1. The highest BCUT2D eigenvalue weighted by molar-refractivity contribution is 5.97. The Bertz CT molecular complexity index is 622. The fourth-order valence-corrected chi connectivity index (χ4v) is 2.76. The van der Waals surface area contributed by atoms with Gasteiger partial charge in [0.1, 0.15) is 13.2 Å². The number of nitrogens with one attached hydrogen (secondary N) is 2. The van der Waals surface area contributed by atoms with Gasteiger partial charge in [0.25, 0.3) is 0 Å². The third-order valence-electron chi connectivity index (χ3n) is 3.89. The molecule has 0 spiro atoms. The van der Waals surface area contributed by atoms with E-state index in [1.807, 2.05) is 6.07 Å². The Hall–Kier alpha value is -2.48. The molecule has 0 aromatic heterocycles. The van der Waals surface area contributed by atoms with Gasteiger partial charge in [0.05, 0.1) is 12.6 Å². The van der Waals surface area contributed by atoms with Crippen molar-refractivity contribution >= 4 is 17.6 Å². The van der Waals surface area contributed by atoms with Gasteiger partial charge in [-0.25, -0.2) is 4.79 Å². The van der Waals surface area contributed by atoms with Gasteiger partial charge in [0.15, 0.2) is 11.5 Å². The lowest BCUT2D eigenvalue weighted by Crippen LogP contribution is -2.44. The van der Waals surface area contributed by atoms with Crippen LogP contribution in [0.4, 0.5) is 10.5 Å². The fourth-order valence-electron chi connectivity index (χ4n) is 2.76. The number of rotatable bonds is 5. The number of hydrogen-bond donors (Lipinski definition) is 2. The predicted octanol–water partition coefficient (Wildman–Crippen LogP) is 0.509. The van der Waals surface area contributed by atoms with Crippen LogP contribution in [0.5, 0.6) is 11.5 Å². The molecule has 2 aliphatic rings. The monoisotopic (exact) mass is 335 g/mol. The molecular weight excluding hydrogens is 314 g/mol. The van der Waals surface area contributed by atoms with Crippen LogP contribution >= 0.6 is 0 Å². The molecule has 0 radical (unpaired) electrons. The number of methoxy groups -OCH3 is 1. The molecule has 8 nitrogen and oxygen atoms in total. The van der Waals surface area contributed by atoms with Crippen molar-refractivity contribution in [2.24, 2.45) is 0 Å². The maximum absolute atomic E-state index is 12.3. The molecule has 2 heterocycles. The number of nitrogens with zero attached hydrogens (tertiary/aromatic N) is 1. The molecule has 1 aromatic carbocycles. The van der Waals surface area contributed by atoms with Crippen LogP contribution in [-0.2, 0) is 9.53 Å². The molecule has 0 bridgehead atoms. The number of carbonyl (C=O) groups is 2. The van der Waals surface area contributed by atoms with Crippen molar-refractivity contribution < 1.29 is 23.8 Å². The molecule has 8 heteroatoms. The summed E-state index contributed by atoms with van der Waals surface area (Å²) in [5, 5.41) is 5.49. The van der Waals surface area contributed by atoms with E-state index < -0.39 is 0 Å². The van der Waals surface area contributed by atoms with Crippen molar-refractivity contribution in [3.05, 3.63) is 18.2 Å². The standard InChI is InChI=1S/C16H21N3O5/c1-22-5-4-17-16(21)18-11-8-15(20)19(10-11)12-2-3-13-14(9-12)24-7-6-23-13/h2-3,9,11H,4-8,10H2,1H3,(H2,17,18,21)/t11-/m1/s1. The van der Waals surface area contributed by atoms with Crippen LogP contribution in [0.2, 0.25) is 0 Å². The zero-order valence-corrected chi connectivity index (χ0v) is 13.5. The largest absolute Gasteiger partial charge is 0.486 e. The SMILES string of the molecule is COCCNC(=O)N[C@@H]1CC(=O)N(c2ccc3c(c2)OCCO3)C1. The molecule has 3 amide bonds. The van der Waals surface area contributed by atoms with Gasteiger partial charge in [-0.2, -0.15) is 0 Å². The summed E-state index contributed by atoms with van der Waals surface area (Å²) in [6.07, 6.45) is 0.270. The summed E-state index contributed by atoms with van der Waals surface area (Å²) in [5.41, 5.74) is 0.744. The number of hydrogen-bond acceptors (Lipinski definition) is 5. The van der Waals surface area contributed by atoms with Crippen molar-refractivity contribution in [2.75, 3.05) is 44.9 Å². The Morgan fingerprint density at radius 2 is 2.12 bits per heavy atom. The van der Waals surface area contributed by atoms with Crippen molar-refractivity contribution in [1.29, 1.82) is 0 Å². The summed E-state index contributed by atoms with van der Waals surface area (Å²) in [6, 6.07) is 4.90. The Labute approximate surface area is 140 Å². The van der Waals surface area contributed by atoms with Gasteiger partial charge in [-0.1, -0.05) is 0 Å². The first kappa shape index (κ1) is 16.4. The molecule has 0 unspecified atom stereocenters. The highest BCUT2D eigenvalue weighted by atomic mass is 16.6. The Morgan fingerprint density at radius 1 is 1.33 bits per heavy atom. The topological polar surface area (TPSA) is 89.1 Å². The number of anilines is 1. The van der Waals surface area contributed by atoms with Crippen LogP contribution in [0, 0.1) is 0 Å². The van der Waals surface area contributed by atoms with Crippen molar-refractivity contribution in [3.8, 4) is 11.5 Å². The average molecular weight is 335 g/mol. The van der Waals surface area contributed by atoms with Crippen LogP contribution in [-0.4, -0.2) is 58.0 Å². The minimum atomic E-state index is -0.297. The molecule has 1 aromatic rings.